The molecule has 2 aromatic carbocycles. The molecule has 0 unspecified atom stereocenters. The highest BCUT2D eigenvalue weighted by Crippen LogP contribution is 2.40. The van der Waals surface area contributed by atoms with Gasteiger partial charge in [0, 0.05) is 33.5 Å². The van der Waals surface area contributed by atoms with Crippen molar-refractivity contribution in [2.24, 2.45) is 0 Å². The largest absolute Gasteiger partial charge is 0.490 e. The second-order valence-electron chi connectivity index (χ2n) is 9.60. The molecule has 0 aliphatic heterocycles. The highest BCUT2D eigenvalue weighted by molar-refractivity contribution is 6.10. The first kappa shape index (κ1) is 35.7. The summed E-state index contributed by atoms with van der Waals surface area (Å²) in [5.74, 6) is 2.23. The summed E-state index contributed by atoms with van der Waals surface area (Å²) >= 11 is 0. The number of unbranched alkanes of at least 4 members (excludes halogenated alkanes) is 3. The molecule has 0 fully saturated rings. The Morgan fingerprint density at radius 1 is 0.605 bits per heavy atom. The molecular formula is C33H48O10. The minimum absolute atomic E-state index is 0.00407. The Morgan fingerprint density at radius 2 is 1.07 bits per heavy atom. The molecule has 43 heavy (non-hydrogen) atoms. The molecule has 0 N–H and O–H groups in total. The summed E-state index contributed by atoms with van der Waals surface area (Å²) in [7, 11) is 4.49. The summed E-state index contributed by atoms with van der Waals surface area (Å²) in [6, 6.07) is 6.89. The van der Waals surface area contributed by atoms with Crippen LogP contribution in [0.25, 0.3) is 6.08 Å². The molecule has 240 valence electrons. The lowest BCUT2D eigenvalue weighted by Gasteiger charge is -2.18. The van der Waals surface area contributed by atoms with Gasteiger partial charge in [0.2, 0.25) is 5.75 Å². The van der Waals surface area contributed by atoms with Crippen LogP contribution in [0.15, 0.2) is 30.3 Å². The number of allylic oxidation sites excluding steroid dienone is 1. The van der Waals surface area contributed by atoms with Crippen molar-refractivity contribution >= 4 is 11.9 Å². The fourth-order valence-electron chi connectivity index (χ4n) is 3.77. The summed E-state index contributed by atoms with van der Waals surface area (Å²) in [4.78, 5) is 13.7. The van der Waals surface area contributed by atoms with E-state index in [4.69, 9.17) is 42.6 Å². The zero-order valence-corrected chi connectivity index (χ0v) is 26.5. The molecular weight excluding hydrogens is 556 g/mol. The number of ether oxygens (including phenoxy) is 9. The van der Waals surface area contributed by atoms with Crippen molar-refractivity contribution in [1.82, 2.24) is 0 Å². The van der Waals surface area contributed by atoms with E-state index in [0.717, 1.165) is 38.5 Å². The summed E-state index contributed by atoms with van der Waals surface area (Å²) in [5, 5.41) is 0. The van der Waals surface area contributed by atoms with Crippen LogP contribution in [0.2, 0.25) is 0 Å². The van der Waals surface area contributed by atoms with E-state index in [9.17, 15) is 4.79 Å². The highest BCUT2D eigenvalue weighted by atomic mass is 16.7. The monoisotopic (exact) mass is 604 g/mol. The van der Waals surface area contributed by atoms with Gasteiger partial charge in [0.25, 0.3) is 0 Å². The third-order valence-corrected chi connectivity index (χ3v) is 6.02. The van der Waals surface area contributed by atoms with E-state index in [1.807, 2.05) is 12.1 Å². The molecule has 0 aliphatic carbocycles. The molecule has 0 heterocycles. The van der Waals surface area contributed by atoms with E-state index < -0.39 is 0 Å². The Balaban J connectivity index is 2.53. The zero-order chi connectivity index (χ0) is 31.3. The predicted octanol–water partition coefficient (Wildman–Crippen LogP) is 7.07. The van der Waals surface area contributed by atoms with Crippen LogP contribution >= 0.6 is 0 Å². The lowest BCUT2D eigenvalue weighted by Crippen LogP contribution is -2.10. The second kappa shape index (κ2) is 21.3. The van der Waals surface area contributed by atoms with Gasteiger partial charge in [0.15, 0.2) is 37.7 Å². The first-order valence-corrected chi connectivity index (χ1v) is 14.8. The quantitative estimate of drug-likeness (QED) is 0.0535. The molecule has 0 spiro atoms. The van der Waals surface area contributed by atoms with E-state index in [0.29, 0.717) is 48.4 Å². The SMILES string of the molecule is CCCCOc1cc(/C=C/C(=O)c2c(OCOC)cc(OCOC)cc2OCOC)cc(OCCCC)c1OCCCC. The minimum Gasteiger partial charge on any atom is -0.490 e. The molecule has 0 amide bonds. The smallest absolute Gasteiger partial charge is 0.203 e. The molecule has 2 aromatic rings. The second-order valence-corrected chi connectivity index (χ2v) is 9.60. The van der Waals surface area contributed by atoms with Crippen LogP contribution in [0.3, 0.4) is 0 Å². The zero-order valence-electron chi connectivity index (χ0n) is 26.5. The van der Waals surface area contributed by atoms with Crippen LogP contribution in [0.4, 0.5) is 0 Å². The van der Waals surface area contributed by atoms with Gasteiger partial charge in [0.1, 0.15) is 22.8 Å². The van der Waals surface area contributed by atoms with Crippen molar-refractivity contribution in [2.45, 2.75) is 59.3 Å². The molecule has 0 saturated carbocycles. The Labute approximate surface area is 256 Å². The van der Waals surface area contributed by atoms with Crippen molar-refractivity contribution in [3.63, 3.8) is 0 Å². The Hall–Kier alpha value is -3.47. The number of methoxy groups -OCH3 is 3. The van der Waals surface area contributed by atoms with Gasteiger partial charge < -0.3 is 42.6 Å². The van der Waals surface area contributed by atoms with Crippen LogP contribution in [-0.2, 0) is 14.2 Å². The normalized spacial score (nSPS) is 11.0. The van der Waals surface area contributed by atoms with Gasteiger partial charge in [0.05, 0.1) is 19.8 Å². The highest BCUT2D eigenvalue weighted by Gasteiger charge is 2.21. The molecule has 0 aliphatic rings. The van der Waals surface area contributed by atoms with Crippen LogP contribution < -0.4 is 28.4 Å². The van der Waals surface area contributed by atoms with E-state index >= 15 is 0 Å². The third kappa shape index (κ3) is 12.3. The predicted molar refractivity (Wildman–Crippen MR) is 165 cm³/mol. The average Bonchev–Trinajstić information content (AvgIpc) is 3.01. The molecule has 2 rings (SSSR count). The maximum atomic E-state index is 13.7. The summed E-state index contributed by atoms with van der Waals surface area (Å²) in [6.07, 6.45) is 8.86. The van der Waals surface area contributed by atoms with Gasteiger partial charge in [-0.15, -0.1) is 0 Å². The van der Waals surface area contributed by atoms with Gasteiger partial charge in [-0.1, -0.05) is 46.1 Å². The number of ketones is 1. The van der Waals surface area contributed by atoms with Gasteiger partial charge in [-0.25, -0.2) is 0 Å². The van der Waals surface area contributed by atoms with Crippen LogP contribution in [0.1, 0.15) is 75.2 Å². The lowest BCUT2D eigenvalue weighted by atomic mass is 10.1. The number of hydrogen-bond acceptors (Lipinski definition) is 10. The van der Waals surface area contributed by atoms with Crippen LogP contribution in [-0.4, -0.2) is 67.3 Å². The summed E-state index contributed by atoms with van der Waals surface area (Å²) < 4.78 is 50.7. The third-order valence-electron chi connectivity index (χ3n) is 6.02. The van der Waals surface area contributed by atoms with Crippen LogP contribution in [0.5, 0.6) is 34.5 Å². The number of hydrogen-bond donors (Lipinski definition) is 0. The van der Waals surface area contributed by atoms with Gasteiger partial charge in [-0.2, -0.15) is 0 Å². The first-order chi connectivity index (χ1) is 21.0. The number of carbonyl (C=O) groups excluding carboxylic acids is 1. The number of carbonyl (C=O) groups is 1. The maximum Gasteiger partial charge on any atom is 0.203 e. The van der Waals surface area contributed by atoms with Crippen molar-refractivity contribution in [3.8, 4) is 34.5 Å². The van der Waals surface area contributed by atoms with Crippen molar-refractivity contribution in [2.75, 3.05) is 61.5 Å². The van der Waals surface area contributed by atoms with Crippen molar-refractivity contribution in [3.05, 3.63) is 41.5 Å². The van der Waals surface area contributed by atoms with E-state index in [2.05, 4.69) is 20.8 Å². The van der Waals surface area contributed by atoms with Gasteiger partial charge in [-0.3, -0.25) is 4.79 Å². The Bertz CT molecular complexity index is 1050. The van der Waals surface area contributed by atoms with Crippen LogP contribution in [0, 0.1) is 0 Å². The average molecular weight is 605 g/mol. The number of benzene rings is 2. The van der Waals surface area contributed by atoms with Gasteiger partial charge in [-0.05, 0) is 43.0 Å². The molecule has 0 atom stereocenters. The van der Waals surface area contributed by atoms with Gasteiger partial charge >= 0.3 is 0 Å². The Morgan fingerprint density at radius 3 is 1.53 bits per heavy atom. The molecule has 0 bridgehead atoms. The molecule has 0 aromatic heterocycles. The fourth-order valence-corrected chi connectivity index (χ4v) is 3.77. The maximum absolute atomic E-state index is 13.7. The summed E-state index contributed by atoms with van der Waals surface area (Å²) in [6.45, 7) is 7.80. The standard InChI is InChI=1S/C33H48O10/c1-7-10-15-38-30-18-25(19-31(39-16-11-8-2)33(30)40-17-12-9-3)13-14-27(34)32-28(42-23-36-5)20-26(41-22-35-4)21-29(32)43-24-37-6/h13-14,18-21H,7-12,15-17,22-24H2,1-6H3/b14-13+. The van der Waals surface area contributed by atoms with E-state index in [-0.39, 0.29) is 43.2 Å². The first-order valence-electron chi connectivity index (χ1n) is 14.8. The lowest BCUT2D eigenvalue weighted by molar-refractivity contribution is 0.0400. The fraction of sp³-hybridized carbons (Fsp3) is 0.545. The minimum atomic E-state index is -0.360. The molecule has 10 heteroatoms. The molecule has 0 radical (unpaired) electrons. The molecule has 0 saturated heterocycles. The number of rotatable bonds is 24. The molecule has 10 nitrogen and oxygen atoms in total. The summed E-state index contributed by atoms with van der Waals surface area (Å²) in [5.41, 5.74) is 0.904. The van der Waals surface area contributed by atoms with E-state index in [1.54, 1.807) is 18.2 Å². The topological polar surface area (TPSA) is 100 Å². The van der Waals surface area contributed by atoms with Crippen molar-refractivity contribution < 1.29 is 47.4 Å². The van der Waals surface area contributed by atoms with Crippen molar-refractivity contribution in [1.29, 1.82) is 0 Å². The van der Waals surface area contributed by atoms with E-state index in [1.165, 1.54) is 27.4 Å². The Kier molecular flexibility index (Phi) is 17.7.